The third-order valence-electron chi connectivity index (χ3n) is 3.04. The molecule has 0 aliphatic carbocycles. The molecule has 2 aromatic rings. The molecule has 5 heteroatoms. The van der Waals surface area contributed by atoms with Gasteiger partial charge in [-0.2, -0.15) is 0 Å². The predicted molar refractivity (Wildman–Crippen MR) is 82.1 cm³/mol. The minimum absolute atomic E-state index is 0.676. The topological polar surface area (TPSA) is 51.4 Å². The van der Waals surface area contributed by atoms with Crippen molar-refractivity contribution in [1.29, 1.82) is 0 Å². The maximum absolute atomic E-state index is 5.84. The van der Waals surface area contributed by atoms with Crippen LogP contribution in [0.2, 0.25) is 0 Å². The Balaban J connectivity index is 2.44. The zero-order valence-corrected chi connectivity index (χ0v) is 12.7. The first-order chi connectivity index (χ1) is 9.04. The standard InChI is InChI=1S/C14H16BrN3O/c1-9-12(16)8-17-14(13(9)15)18(2)10-5-4-6-11(7-10)19-3/h4-8H,16H2,1-3H3. The maximum Gasteiger partial charge on any atom is 0.147 e. The number of benzene rings is 1. The SMILES string of the molecule is COc1cccc(N(C)c2ncc(N)c(C)c2Br)c1. The summed E-state index contributed by atoms with van der Waals surface area (Å²) in [6.45, 7) is 1.96. The lowest BCUT2D eigenvalue weighted by atomic mass is 10.2. The molecule has 0 unspecified atom stereocenters. The van der Waals surface area contributed by atoms with E-state index in [1.165, 1.54) is 0 Å². The number of hydrogen-bond acceptors (Lipinski definition) is 4. The van der Waals surface area contributed by atoms with Crippen molar-refractivity contribution in [3.63, 3.8) is 0 Å². The van der Waals surface area contributed by atoms with Crippen LogP contribution in [0.15, 0.2) is 34.9 Å². The highest BCUT2D eigenvalue weighted by Crippen LogP contribution is 2.34. The second-order valence-corrected chi connectivity index (χ2v) is 5.03. The van der Waals surface area contributed by atoms with Crippen LogP contribution in [0.5, 0.6) is 5.75 Å². The number of halogens is 1. The fourth-order valence-electron chi connectivity index (χ4n) is 1.75. The van der Waals surface area contributed by atoms with Crippen LogP contribution in [0.4, 0.5) is 17.2 Å². The lowest BCUT2D eigenvalue weighted by Crippen LogP contribution is -2.13. The summed E-state index contributed by atoms with van der Waals surface area (Å²) in [5, 5.41) is 0. The number of hydrogen-bond donors (Lipinski definition) is 1. The summed E-state index contributed by atoms with van der Waals surface area (Å²) in [6.07, 6.45) is 1.67. The van der Waals surface area contributed by atoms with Crippen LogP contribution in [-0.2, 0) is 0 Å². The van der Waals surface area contributed by atoms with Gasteiger partial charge in [-0.25, -0.2) is 4.98 Å². The quantitative estimate of drug-likeness (QED) is 0.939. The normalized spacial score (nSPS) is 10.3. The van der Waals surface area contributed by atoms with E-state index < -0.39 is 0 Å². The Morgan fingerprint density at radius 2 is 2.11 bits per heavy atom. The first-order valence-electron chi connectivity index (χ1n) is 5.83. The van der Waals surface area contributed by atoms with Gasteiger partial charge in [0.2, 0.25) is 0 Å². The van der Waals surface area contributed by atoms with E-state index in [4.69, 9.17) is 10.5 Å². The Morgan fingerprint density at radius 3 is 2.79 bits per heavy atom. The number of rotatable bonds is 3. The van der Waals surface area contributed by atoms with Gasteiger partial charge >= 0.3 is 0 Å². The second-order valence-electron chi connectivity index (χ2n) is 4.24. The van der Waals surface area contributed by atoms with Crippen molar-refractivity contribution in [2.24, 2.45) is 0 Å². The molecule has 0 aliphatic heterocycles. The van der Waals surface area contributed by atoms with E-state index in [-0.39, 0.29) is 0 Å². The van der Waals surface area contributed by atoms with Gasteiger partial charge in [0.15, 0.2) is 0 Å². The van der Waals surface area contributed by atoms with Crippen molar-refractivity contribution in [3.8, 4) is 5.75 Å². The highest BCUT2D eigenvalue weighted by atomic mass is 79.9. The molecule has 0 fully saturated rings. The zero-order valence-electron chi connectivity index (χ0n) is 11.1. The molecule has 100 valence electrons. The van der Waals surface area contributed by atoms with Gasteiger partial charge < -0.3 is 15.4 Å². The van der Waals surface area contributed by atoms with Gasteiger partial charge in [0, 0.05) is 18.8 Å². The third kappa shape index (κ3) is 2.66. The predicted octanol–water partition coefficient (Wildman–Crippen LogP) is 3.51. The highest BCUT2D eigenvalue weighted by Gasteiger charge is 2.13. The summed E-state index contributed by atoms with van der Waals surface area (Å²) in [6, 6.07) is 7.82. The van der Waals surface area contributed by atoms with Gasteiger partial charge in [-0.05, 0) is 40.5 Å². The molecule has 19 heavy (non-hydrogen) atoms. The Labute approximate surface area is 121 Å². The van der Waals surface area contributed by atoms with Gasteiger partial charge in [0.05, 0.1) is 23.5 Å². The fraction of sp³-hybridized carbons (Fsp3) is 0.214. The lowest BCUT2D eigenvalue weighted by Gasteiger charge is -2.21. The molecule has 2 rings (SSSR count). The zero-order chi connectivity index (χ0) is 14.0. The van der Waals surface area contributed by atoms with Crippen molar-refractivity contribution in [2.75, 3.05) is 24.8 Å². The number of methoxy groups -OCH3 is 1. The summed E-state index contributed by atoms with van der Waals surface area (Å²) >= 11 is 3.55. The van der Waals surface area contributed by atoms with E-state index in [9.17, 15) is 0 Å². The van der Waals surface area contributed by atoms with Gasteiger partial charge in [0.1, 0.15) is 11.6 Å². The van der Waals surface area contributed by atoms with Crippen molar-refractivity contribution in [3.05, 3.63) is 40.5 Å². The molecule has 4 nitrogen and oxygen atoms in total. The lowest BCUT2D eigenvalue weighted by molar-refractivity contribution is 0.415. The minimum atomic E-state index is 0.676. The average molecular weight is 322 g/mol. The first-order valence-corrected chi connectivity index (χ1v) is 6.62. The molecular weight excluding hydrogens is 306 g/mol. The molecule has 0 saturated carbocycles. The molecule has 0 aliphatic rings. The molecule has 1 aromatic heterocycles. The third-order valence-corrected chi connectivity index (χ3v) is 3.99. The van der Waals surface area contributed by atoms with Crippen LogP contribution >= 0.6 is 15.9 Å². The number of aromatic nitrogens is 1. The van der Waals surface area contributed by atoms with Crippen LogP contribution < -0.4 is 15.4 Å². The Hall–Kier alpha value is -1.75. The number of pyridine rings is 1. The Bertz CT molecular complexity index is 601. The summed E-state index contributed by atoms with van der Waals surface area (Å²) in [7, 11) is 3.61. The maximum atomic E-state index is 5.84. The van der Waals surface area contributed by atoms with Crippen LogP contribution in [0.25, 0.3) is 0 Å². The summed E-state index contributed by atoms with van der Waals surface area (Å²) < 4.78 is 6.14. The van der Waals surface area contributed by atoms with Gasteiger partial charge in [0.25, 0.3) is 0 Å². The van der Waals surface area contributed by atoms with E-state index in [2.05, 4.69) is 20.9 Å². The van der Waals surface area contributed by atoms with Crippen LogP contribution in [0.3, 0.4) is 0 Å². The Kier molecular flexibility index (Phi) is 3.95. The van der Waals surface area contributed by atoms with Crippen LogP contribution in [0, 0.1) is 6.92 Å². The van der Waals surface area contributed by atoms with E-state index in [1.807, 2.05) is 43.1 Å². The second kappa shape index (κ2) is 5.48. The molecule has 0 amide bonds. The molecule has 0 spiro atoms. The number of anilines is 3. The Morgan fingerprint density at radius 1 is 1.37 bits per heavy atom. The first kappa shape index (κ1) is 13.7. The molecule has 1 heterocycles. The monoisotopic (exact) mass is 321 g/mol. The molecule has 0 atom stereocenters. The van der Waals surface area contributed by atoms with E-state index in [0.29, 0.717) is 5.69 Å². The number of ether oxygens (including phenoxy) is 1. The van der Waals surface area contributed by atoms with Crippen LogP contribution in [-0.4, -0.2) is 19.1 Å². The fourth-order valence-corrected chi connectivity index (χ4v) is 2.35. The highest BCUT2D eigenvalue weighted by molar-refractivity contribution is 9.10. The number of nitrogens with two attached hydrogens (primary N) is 1. The van der Waals surface area contributed by atoms with Gasteiger partial charge in [-0.3, -0.25) is 0 Å². The van der Waals surface area contributed by atoms with Gasteiger partial charge in [-0.1, -0.05) is 6.07 Å². The molecular formula is C14H16BrN3O. The molecule has 0 radical (unpaired) electrons. The van der Waals surface area contributed by atoms with Crippen LogP contribution in [0.1, 0.15) is 5.56 Å². The van der Waals surface area contributed by atoms with Crippen molar-refractivity contribution >= 4 is 33.1 Å². The van der Waals surface area contributed by atoms with Crippen molar-refractivity contribution < 1.29 is 4.74 Å². The van der Waals surface area contributed by atoms with Crippen molar-refractivity contribution in [2.45, 2.75) is 6.92 Å². The summed E-state index contributed by atoms with van der Waals surface area (Å²) in [5.74, 6) is 1.63. The number of nitrogens with zero attached hydrogens (tertiary/aromatic N) is 2. The smallest absolute Gasteiger partial charge is 0.147 e. The largest absolute Gasteiger partial charge is 0.497 e. The minimum Gasteiger partial charge on any atom is -0.497 e. The van der Waals surface area contributed by atoms with Gasteiger partial charge in [-0.15, -0.1) is 0 Å². The molecule has 0 saturated heterocycles. The van der Waals surface area contributed by atoms with E-state index in [0.717, 1.165) is 27.3 Å². The molecule has 1 aromatic carbocycles. The van der Waals surface area contributed by atoms with E-state index in [1.54, 1.807) is 13.3 Å². The van der Waals surface area contributed by atoms with Crippen molar-refractivity contribution in [1.82, 2.24) is 4.98 Å². The number of nitrogen functional groups attached to an aromatic ring is 1. The molecule has 0 bridgehead atoms. The van der Waals surface area contributed by atoms with E-state index >= 15 is 0 Å². The average Bonchev–Trinajstić information content (AvgIpc) is 2.44. The summed E-state index contributed by atoms with van der Waals surface area (Å²) in [5.41, 5.74) is 8.50. The molecule has 2 N–H and O–H groups in total. The summed E-state index contributed by atoms with van der Waals surface area (Å²) in [4.78, 5) is 6.37.